The van der Waals surface area contributed by atoms with Crippen molar-refractivity contribution in [2.45, 2.75) is 39.2 Å². The first kappa shape index (κ1) is 17.9. The second kappa shape index (κ2) is 7.00. The van der Waals surface area contributed by atoms with E-state index >= 15 is 0 Å². The van der Waals surface area contributed by atoms with Crippen molar-refractivity contribution in [2.75, 3.05) is 18.9 Å². The number of aliphatic hydroxyl groups is 1. The van der Waals surface area contributed by atoms with E-state index in [4.69, 9.17) is 4.52 Å². The molecule has 0 saturated heterocycles. The minimum absolute atomic E-state index is 0.201. The molecular weight excluding hydrogens is 308 g/mol. The van der Waals surface area contributed by atoms with E-state index in [1.165, 1.54) is 4.90 Å². The molecule has 0 aliphatic heterocycles. The van der Waals surface area contributed by atoms with Gasteiger partial charge in [0.2, 0.25) is 0 Å². The van der Waals surface area contributed by atoms with Gasteiger partial charge in [-0.25, -0.2) is 4.79 Å². The second-order valence-electron chi connectivity index (χ2n) is 6.79. The molecule has 0 radical (unpaired) electrons. The molecule has 1 aromatic carbocycles. The van der Waals surface area contributed by atoms with Gasteiger partial charge in [0, 0.05) is 24.2 Å². The van der Waals surface area contributed by atoms with Crippen LogP contribution in [-0.4, -0.2) is 45.4 Å². The molecule has 0 unspecified atom stereocenters. The monoisotopic (exact) mass is 332 g/mol. The van der Waals surface area contributed by atoms with Gasteiger partial charge in [-0.05, 0) is 38.1 Å². The molecule has 7 heteroatoms. The third-order valence-corrected chi connectivity index (χ3v) is 3.31. The summed E-state index contributed by atoms with van der Waals surface area (Å²) >= 11 is 0. The zero-order chi connectivity index (χ0) is 17.9. The predicted molar refractivity (Wildman–Crippen MR) is 91.8 cm³/mol. The fourth-order valence-corrected chi connectivity index (χ4v) is 2.15. The van der Waals surface area contributed by atoms with Crippen LogP contribution in [0.3, 0.4) is 0 Å². The number of urea groups is 1. The molecule has 2 amide bonds. The zero-order valence-electron chi connectivity index (χ0n) is 14.7. The van der Waals surface area contributed by atoms with Crippen LogP contribution in [0.4, 0.5) is 10.5 Å². The lowest BCUT2D eigenvalue weighted by molar-refractivity contribution is 0.0550. The first-order valence-corrected chi connectivity index (χ1v) is 7.84. The molecule has 1 heterocycles. The lowest BCUT2D eigenvalue weighted by atomic mass is 10.1. The van der Waals surface area contributed by atoms with Gasteiger partial charge in [-0.15, -0.1) is 0 Å². The van der Waals surface area contributed by atoms with Gasteiger partial charge >= 0.3 is 6.03 Å². The Labute approximate surface area is 141 Å². The van der Waals surface area contributed by atoms with Crippen LogP contribution >= 0.6 is 0 Å². The number of amides is 2. The number of carbonyl (C=O) groups excluding carboxylic acids is 1. The maximum atomic E-state index is 12.1. The quantitative estimate of drug-likeness (QED) is 0.878. The third-order valence-electron chi connectivity index (χ3n) is 3.31. The van der Waals surface area contributed by atoms with Gasteiger partial charge in [0.15, 0.2) is 5.82 Å². The first-order valence-electron chi connectivity index (χ1n) is 7.84. The summed E-state index contributed by atoms with van der Waals surface area (Å²) in [6.07, 6.45) is 0. The smallest absolute Gasteiger partial charge is 0.321 e. The number of nitrogens with one attached hydrogen (secondary N) is 1. The van der Waals surface area contributed by atoms with Crippen LogP contribution in [0.2, 0.25) is 0 Å². The van der Waals surface area contributed by atoms with E-state index in [0.717, 1.165) is 5.56 Å². The number of carbonyl (C=O) groups is 1. The van der Waals surface area contributed by atoms with Gasteiger partial charge in [0.1, 0.15) is 0 Å². The fraction of sp³-hybridized carbons (Fsp3) is 0.471. The van der Waals surface area contributed by atoms with E-state index in [2.05, 4.69) is 15.5 Å². The summed E-state index contributed by atoms with van der Waals surface area (Å²) in [5.74, 6) is 1.32. The average Bonchev–Trinajstić information content (AvgIpc) is 2.96. The Morgan fingerprint density at radius 3 is 2.46 bits per heavy atom. The Bertz CT molecular complexity index is 687. The second-order valence-corrected chi connectivity index (χ2v) is 6.79. The summed E-state index contributed by atoms with van der Waals surface area (Å²) in [7, 11) is 1.63. The Morgan fingerprint density at radius 2 is 1.96 bits per heavy atom. The SMILES string of the molecule is CC(C)c1noc(-c2ccc(NC(=O)N(C)CC(C)(C)O)cc2)n1. The third kappa shape index (κ3) is 4.79. The molecule has 1 aromatic heterocycles. The normalized spacial score (nSPS) is 11.6. The maximum Gasteiger partial charge on any atom is 0.321 e. The van der Waals surface area contributed by atoms with Crippen LogP contribution in [0, 0.1) is 0 Å². The van der Waals surface area contributed by atoms with Crippen LogP contribution in [0.15, 0.2) is 28.8 Å². The molecule has 0 aliphatic rings. The Kier molecular flexibility index (Phi) is 5.23. The Balaban J connectivity index is 2.02. The standard InChI is InChI=1S/C17H24N4O3/c1-11(2)14-19-15(24-20-14)12-6-8-13(9-7-12)18-16(22)21(5)10-17(3,4)23/h6-9,11,23H,10H2,1-5H3,(H,18,22). The van der Waals surface area contributed by atoms with Crippen LogP contribution < -0.4 is 5.32 Å². The number of anilines is 1. The van der Waals surface area contributed by atoms with E-state index in [0.29, 0.717) is 17.4 Å². The lowest BCUT2D eigenvalue weighted by Gasteiger charge is -2.25. The van der Waals surface area contributed by atoms with Crippen LogP contribution in [0.1, 0.15) is 39.4 Å². The number of hydrogen-bond acceptors (Lipinski definition) is 5. The van der Waals surface area contributed by atoms with E-state index < -0.39 is 5.60 Å². The van der Waals surface area contributed by atoms with Gasteiger partial charge < -0.3 is 19.8 Å². The molecule has 2 rings (SSSR count). The summed E-state index contributed by atoms with van der Waals surface area (Å²) in [6.45, 7) is 7.54. The topological polar surface area (TPSA) is 91.5 Å². The van der Waals surface area contributed by atoms with Gasteiger partial charge in [-0.1, -0.05) is 19.0 Å². The molecule has 7 nitrogen and oxygen atoms in total. The summed E-state index contributed by atoms with van der Waals surface area (Å²) in [6, 6.07) is 6.87. The van der Waals surface area contributed by atoms with E-state index in [1.807, 2.05) is 26.0 Å². The Hall–Kier alpha value is -2.41. The van der Waals surface area contributed by atoms with Crippen molar-refractivity contribution in [3.05, 3.63) is 30.1 Å². The average molecular weight is 332 g/mol. The Morgan fingerprint density at radius 1 is 1.33 bits per heavy atom. The zero-order valence-corrected chi connectivity index (χ0v) is 14.7. The van der Waals surface area contributed by atoms with Crippen LogP contribution in [-0.2, 0) is 0 Å². The number of likely N-dealkylation sites (N-methyl/N-ethyl adjacent to an activating group) is 1. The summed E-state index contributed by atoms with van der Waals surface area (Å²) in [4.78, 5) is 17.9. The molecule has 130 valence electrons. The minimum Gasteiger partial charge on any atom is -0.389 e. The minimum atomic E-state index is -0.942. The summed E-state index contributed by atoms with van der Waals surface area (Å²) in [5, 5.41) is 16.5. The van der Waals surface area contributed by atoms with Gasteiger partial charge in [-0.3, -0.25) is 0 Å². The molecule has 24 heavy (non-hydrogen) atoms. The largest absolute Gasteiger partial charge is 0.389 e. The maximum absolute atomic E-state index is 12.1. The summed E-state index contributed by atoms with van der Waals surface area (Å²) in [5.41, 5.74) is 0.495. The van der Waals surface area contributed by atoms with Gasteiger partial charge in [0.05, 0.1) is 12.1 Å². The van der Waals surface area contributed by atoms with Crippen molar-refractivity contribution in [3.8, 4) is 11.5 Å². The van der Waals surface area contributed by atoms with Crippen molar-refractivity contribution in [1.29, 1.82) is 0 Å². The molecule has 0 spiro atoms. The van der Waals surface area contributed by atoms with Crippen molar-refractivity contribution in [1.82, 2.24) is 15.0 Å². The molecule has 0 atom stereocenters. The predicted octanol–water partition coefficient (Wildman–Crippen LogP) is 3.09. The van der Waals surface area contributed by atoms with Crippen molar-refractivity contribution in [2.24, 2.45) is 0 Å². The highest BCUT2D eigenvalue weighted by Gasteiger charge is 2.19. The highest BCUT2D eigenvalue weighted by atomic mass is 16.5. The number of hydrogen-bond donors (Lipinski definition) is 2. The highest BCUT2D eigenvalue weighted by Crippen LogP contribution is 2.22. The molecule has 2 N–H and O–H groups in total. The fourth-order valence-electron chi connectivity index (χ4n) is 2.15. The van der Waals surface area contributed by atoms with Gasteiger partial charge in [0.25, 0.3) is 5.89 Å². The molecular formula is C17H24N4O3. The molecule has 2 aromatic rings. The molecule has 0 bridgehead atoms. The molecule has 0 saturated carbocycles. The van der Waals surface area contributed by atoms with Crippen molar-refractivity contribution < 1.29 is 14.4 Å². The van der Waals surface area contributed by atoms with E-state index in [9.17, 15) is 9.90 Å². The van der Waals surface area contributed by atoms with E-state index in [-0.39, 0.29) is 18.5 Å². The summed E-state index contributed by atoms with van der Waals surface area (Å²) < 4.78 is 5.24. The number of rotatable bonds is 5. The number of nitrogens with zero attached hydrogens (tertiary/aromatic N) is 3. The lowest BCUT2D eigenvalue weighted by Crippen LogP contribution is -2.41. The van der Waals surface area contributed by atoms with E-state index in [1.54, 1.807) is 33.0 Å². The van der Waals surface area contributed by atoms with Crippen molar-refractivity contribution >= 4 is 11.7 Å². The highest BCUT2D eigenvalue weighted by molar-refractivity contribution is 5.89. The van der Waals surface area contributed by atoms with Crippen LogP contribution in [0.5, 0.6) is 0 Å². The van der Waals surface area contributed by atoms with Crippen molar-refractivity contribution in [3.63, 3.8) is 0 Å². The molecule has 0 aliphatic carbocycles. The number of aromatic nitrogens is 2. The molecule has 0 fully saturated rings. The van der Waals surface area contributed by atoms with Gasteiger partial charge in [-0.2, -0.15) is 4.98 Å². The van der Waals surface area contributed by atoms with Crippen LogP contribution in [0.25, 0.3) is 11.5 Å². The number of benzene rings is 1. The first-order chi connectivity index (χ1) is 11.2.